The van der Waals surface area contributed by atoms with E-state index in [0.29, 0.717) is 26.4 Å². The van der Waals surface area contributed by atoms with Gasteiger partial charge in [0.1, 0.15) is 11.8 Å². The zero-order chi connectivity index (χ0) is 13.3. The summed E-state index contributed by atoms with van der Waals surface area (Å²) in [6.07, 6.45) is 4.52. The minimum Gasteiger partial charge on any atom is -0.376 e. The van der Waals surface area contributed by atoms with Crippen molar-refractivity contribution in [3.05, 3.63) is 11.9 Å². The monoisotopic (exact) mass is 266 g/mol. The average Bonchev–Trinajstić information content (AvgIpc) is 3.00. The number of hydrogen-bond acceptors (Lipinski definition) is 5. The van der Waals surface area contributed by atoms with E-state index in [1.165, 1.54) is 6.42 Å². The minimum atomic E-state index is 0.0299. The molecule has 106 valence electrons. The fourth-order valence-electron chi connectivity index (χ4n) is 2.91. The molecule has 0 spiro atoms. The Morgan fingerprint density at radius 2 is 2.37 bits per heavy atom. The van der Waals surface area contributed by atoms with E-state index in [9.17, 15) is 0 Å². The molecule has 0 saturated carbocycles. The Kier molecular flexibility index (Phi) is 3.56. The summed E-state index contributed by atoms with van der Waals surface area (Å²) < 4.78 is 12.9. The average molecular weight is 266 g/mol. The lowest BCUT2D eigenvalue weighted by atomic mass is 9.96. The Morgan fingerprint density at radius 3 is 3.05 bits per heavy atom. The van der Waals surface area contributed by atoms with E-state index in [4.69, 9.17) is 9.47 Å². The predicted octanol–water partition coefficient (Wildman–Crippen LogP) is 0.634. The normalized spacial score (nSPS) is 32.8. The van der Waals surface area contributed by atoms with Crippen molar-refractivity contribution in [2.45, 2.75) is 38.0 Å². The molecule has 0 unspecified atom stereocenters. The van der Waals surface area contributed by atoms with Crippen LogP contribution >= 0.6 is 0 Å². The maximum absolute atomic E-state index is 5.64. The topological polar surface area (TPSA) is 52.4 Å². The molecule has 6 heteroatoms. The molecule has 6 nitrogen and oxygen atoms in total. The highest BCUT2D eigenvalue weighted by Gasteiger charge is 2.38. The summed E-state index contributed by atoms with van der Waals surface area (Å²) in [7, 11) is 2.16. The third-order valence-electron chi connectivity index (χ3n) is 4.37. The van der Waals surface area contributed by atoms with Gasteiger partial charge in [0.2, 0.25) is 0 Å². The molecule has 3 heterocycles. The van der Waals surface area contributed by atoms with E-state index in [1.807, 2.05) is 4.68 Å². The summed E-state index contributed by atoms with van der Waals surface area (Å²) in [6, 6.07) is 0. The fraction of sp³-hybridized carbons (Fsp3) is 0.846. The van der Waals surface area contributed by atoms with Crippen LogP contribution in [0.25, 0.3) is 0 Å². The van der Waals surface area contributed by atoms with Gasteiger partial charge >= 0.3 is 0 Å². The van der Waals surface area contributed by atoms with Crippen LogP contribution in [0.1, 0.15) is 25.5 Å². The van der Waals surface area contributed by atoms with Crippen LogP contribution in [0.3, 0.4) is 0 Å². The van der Waals surface area contributed by atoms with Gasteiger partial charge in [-0.1, -0.05) is 5.21 Å². The van der Waals surface area contributed by atoms with E-state index in [1.54, 1.807) is 0 Å². The van der Waals surface area contributed by atoms with Crippen molar-refractivity contribution in [3.8, 4) is 0 Å². The molecule has 2 aliphatic heterocycles. The third-order valence-corrected chi connectivity index (χ3v) is 4.37. The molecule has 2 aliphatic rings. The van der Waals surface area contributed by atoms with Crippen molar-refractivity contribution >= 4 is 0 Å². The molecule has 1 aromatic heterocycles. The van der Waals surface area contributed by atoms with Crippen LogP contribution in [0.2, 0.25) is 0 Å². The van der Waals surface area contributed by atoms with E-state index < -0.39 is 0 Å². The lowest BCUT2D eigenvalue weighted by molar-refractivity contribution is -0.0947. The van der Waals surface area contributed by atoms with Crippen molar-refractivity contribution in [1.82, 2.24) is 19.9 Å². The molecule has 0 amide bonds. The number of aromatic nitrogens is 3. The first kappa shape index (κ1) is 13.0. The van der Waals surface area contributed by atoms with E-state index in [-0.39, 0.29) is 11.6 Å². The zero-order valence-corrected chi connectivity index (χ0v) is 11.7. The van der Waals surface area contributed by atoms with Gasteiger partial charge in [-0.05, 0) is 33.4 Å². The molecule has 3 rings (SSSR count). The van der Waals surface area contributed by atoms with Crippen molar-refractivity contribution in [2.75, 3.05) is 33.4 Å². The Bertz CT molecular complexity index is 430. The molecule has 0 bridgehead atoms. The van der Waals surface area contributed by atoms with Crippen molar-refractivity contribution in [2.24, 2.45) is 0 Å². The molecule has 19 heavy (non-hydrogen) atoms. The molecule has 0 aromatic carbocycles. The standard InChI is InChI=1S/C13H22N4O2/c1-13(4-3-5-16(13)2)12-9-17(15-14-12)8-11-10-18-6-7-19-11/h9,11H,3-8,10H2,1-2H3/t11-,13+/m1/s1. The minimum absolute atomic E-state index is 0.0299. The van der Waals surface area contributed by atoms with Crippen LogP contribution in [0.4, 0.5) is 0 Å². The first-order valence-corrected chi connectivity index (χ1v) is 7.00. The van der Waals surface area contributed by atoms with Crippen LogP contribution < -0.4 is 0 Å². The smallest absolute Gasteiger partial charge is 0.103 e. The first-order valence-electron chi connectivity index (χ1n) is 7.00. The molecule has 0 aliphatic carbocycles. The van der Waals surface area contributed by atoms with Crippen LogP contribution in [0.15, 0.2) is 6.20 Å². The predicted molar refractivity (Wildman–Crippen MR) is 69.8 cm³/mol. The molecule has 2 atom stereocenters. The van der Waals surface area contributed by atoms with Gasteiger partial charge in [-0.25, -0.2) is 4.68 Å². The SMILES string of the molecule is CN1CCC[C@@]1(C)c1cn(C[C@@H]2COCCO2)nn1. The molecule has 0 N–H and O–H groups in total. The van der Waals surface area contributed by atoms with Gasteiger partial charge in [0.15, 0.2) is 0 Å². The van der Waals surface area contributed by atoms with E-state index in [0.717, 1.165) is 18.7 Å². The summed E-state index contributed by atoms with van der Waals surface area (Å²) in [5, 5.41) is 8.60. The number of likely N-dealkylation sites (tertiary alicyclic amines) is 1. The third kappa shape index (κ3) is 2.52. The van der Waals surface area contributed by atoms with Gasteiger partial charge in [-0.15, -0.1) is 5.10 Å². The fourth-order valence-corrected chi connectivity index (χ4v) is 2.91. The second-order valence-electron chi connectivity index (χ2n) is 5.69. The number of ether oxygens (including phenoxy) is 2. The Balaban J connectivity index is 1.69. The lowest BCUT2D eigenvalue weighted by Gasteiger charge is -2.29. The summed E-state index contributed by atoms with van der Waals surface area (Å²) in [5.74, 6) is 0. The second-order valence-corrected chi connectivity index (χ2v) is 5.69. The van der Waals surface area contributed by atoms with E-state index in [2.05, 4.69) is 35.4 Å². The van der Waals surface area contributed by atoms with Crippen molar-refractivity contribution in [1.29, 1.82) is 0 Å². The van der Waals surface area contributed by atoms with E-state index >= 15 is 0 Å². The quantitative estimate of drug-likeness (QED) is 0.803. The number of rotatable bonds is 3. The maximum atomic E-state index is 5.64. The number of nitrogens with zero attached hydrogens (tertiary/aromatic N) is 4. The largest absolute Gasteiger partial charge is 0.376 e. The summed E-state index contributed by atoms with van der Waals surface area (Å²) in [5.41, 5.74) is 1.09. The van der Waals surface area contributed by atoms with Gasteiger partial charge in [0.05, 0.1) is 38.1 Å². The Morgan fingerprint density at radius 1 is 1.47 bits per heavy atom. The molecular weight excluding hydrogens is 244 g/mol. The van der Waals surface area contributed by atoms with Crippen LogP contribution in [-0.4, -0.2) is 59.4 Å². The molecule has 2 saturated heterocycles. The molecule has 1 aromatic rings. The zero-order valence-electron chi connectivity index (χ0n) is 11.7. The van der Waals surface area contributed by atoms with Gasteiger partial charge in [0, 0.05) is 0 Å². The highest BCUT2D eigenvalue weighted by Crippen LogP contribution is 2.35. The lowest BCUT2D eigenvalue weighted by Crippen LogP contribution is -2.35. The van der Waals surface area contributed by atoms with Gasteiger partial charge in [-0.3, -0.25) is 4.90 Å². The van der Waals surface area contributed by atoms with Crippen LogP contribution in [0, 0.1) is 0 Å². The van der Waals surface area contributed by atoms with Gasteiger partial charge in [0.25, 0.3) is 0 Å². The molecule has 2 fully saturated rings. The van der Waals surface area contributed by atoms with Crippen molar-refractivity contribution in [3.63, 3.8) is 0 Å². The molecular formula is C13H22N4O2. The number of hydrogen-bond donors (Lipinski definition) is 0. The summed E-state index contributed by atoms with van der Waals surface area (Å²) >= 11 is 0. The second kappa shape index (κ2) is 5.19. The first-order chi connectivity index (χ1) is 9.18. The Hall–Kier alpha value is -0.980. The van der Waals surface area contributed by atoms with Gasteiger partial charge in [-0.2, -0.15) is 0 Å². The van der Waals surface area contributed by atoms with Crippen molar-refractivity contribution < 1.29 is 9.47 Å². The summed E-state index contributed by atoms with van der Waals surface area (Å²) in [4.78, 5) is 2.36. The summed E-state index contributed by atoms with van der Waals surface area (Å²) in [6.45, 7) is 6.10. The highest BCUT2D eigenvalue weighted by atomic mass is 16.6. The maximum Gasteiger partial charge on any atom is 0.103 e. The van der Waals surface area contributed by atoms with Crippen LogP contribution in [-0.2, 0) is 21.6 Å². The van der Waals surface area contributed by atoms with Crippen LogP contribution in [0.5, 0.6) is 0 Å². The molecule has 0 radical (unpaired) electrons. The van der Waals surface area contributed by atoms with Gasteiger partial charge < -0.3 is 9.47 Å². The Labute approximate surface area is 113 Å². The highest BCUT2D eigenvalue weighted by molar-refractivity contribution is 5.11.